The molecule has 3 aliphatic carbocycles. The molecule has 3 heteroatoms. The Hall–Kier alpha value is -6.71. The predicted molar refractivity (Wildman–Crippen MR) is 231 cm³/mol. The number of hydrogen-bond acceptors (Lipinski definition) is 3. The molecule has 0 N–H and O–H groups in total. The topological polar surface area (TPSA) is 38.7 Å². The first-order valence-electron chi connectivity index (χ1n) is 19.6. The van der Waals surface area contributed by atoms with E-state index in [-0.39, 0.29) is 0 Å². The Morgan fingerprint density at radius 2 is 0.893 bits per heavy atom. The van der Waals surface area contributed by atoms with Crippen LogP contribution in [0.2, 0.25) is 0 Å². The molecular formula is C53H41N3. The minimum absolute atomic E-state index is 0.384. The Morgan fingerprint density at radius 3 is 1.52 bits per heavy atom. The standard InChI is InChI=1S/C53H41N3/c1-34-22-25-45-48-28-35(2)23-26-46(48)50-33-43(24-27-47(50)49(45)29-34)41-19-10-17-39(31-41)38-16-9-18-40(30-38)42-20-11-21-44(32-42)53-55-51(36-12-5-3-6-13-36)54-52(56-53)37-14-7-4-8-15-37/h3-33,46-48,50H,1-2H3. The maximum atomic E-state index is 4.98. The van der Waals surface area contributed by atoms with Gasteiger partial charge in [0, 0.05) is 28.5 Å². The second-order valence-corrected chi connectivity index (χ2v) is 15.4. The molecule has 7 aromatic rings. The monoisotopic (exact) mass is 719 g/mol. The Labute approximate surface area is 329 Å². The zero-order valence-electron chi connectivity index (χ0n) is 31.5. The van der Waals surface area contributed by atoms with Gasteiger partial charge in [0.15, 0.2) is 17.5 Å². The summed E-state index contributed by atoms with van der Waals surface area (Å²) in [6.07, 6.45) is 14.7. The lowest BCUT2D eigenvalue weighted by atomic mass is 9.60. The van der Waals surface area contributed by atoms with E-state index < -0.39 is 0 Å². The van der Waals surface area contributed by atoms with Crippen LogP contribution in [0.5, 0.6) is 0 Å². The molecular weight excluding hydrogens is 679 g/mol. The Balaban J connectivity index is 0.973. The highest BCUT2D eigenvalue weighted by molar-refractivity contribution is 5.81. The fourth-order valence-corrected chi connectivity index (χ4v) is 8.87. The fourth-order valence-electron chi connectivity index (χ4n) is 8.87. The second-order valence-electron chi connectivity index (χ2n) is 15.4. The molecule has 0 bridgehead atoms. The van der Waals surface area contributed by atoms with E-state index in [1.54, 1.807) is 0 Å². The minimum Gasteiger partial charge on any atom is -0.208 e. The molecule has 1 heterocycles. The molecule has 3 nitrogen and oxygen atoms in total. The van der Waals surface area contributed by atoms with Gasteiger partial charge < -0.3 is 0 Å². The molecule has 268 valence electrons. The van der Waals surface area contributed by atoms with Gasteiger partial charge in [0.1, 0.15) is 0 Å². The van der Waals surface area contributed by atoms with Crippen molar-refractivity contribution in [1.29, 1.82) is 0 Å². The molecule has 1 aromatic heterocycles. The molecule has 4 unspecified atom stereocenters. The van der Waals surface area contributed by atoms with Crippen molar-refractivity contribution in [3.8, 4) is 56.4 Å². The van der Waals surface area contributed by atoms with Gasteiger partial charge in [0.2, 0.25) is 0 Å². The first-order chi connectivity index (χ1) is 27.5. The highest BCUT2D eigenvalue weighted by atomic mass is 15.0. The molecule has 0 saturated carbocycles. The van der Waals surface area contributed by atoms with Crippen molar-refractivity contribution >= 4 is 5.57 Å². The molecule has 0 amide bonds. The molecule has 0 radical (unpaired) electrons. The summed E-state index contributed by atoms with van der Waals surface area (Å²) in [5, 5.41) is 0. The normalized spacial score (nSPS) is 19.3. The van der Waals surface area contributed by atoms with Gasteiger partial charge in [-0.25, -0.2) is 15.0 Å². The average Bonchev–Trinajstić information content (AvgIpc) is 3.27. The van der Waals surface area contributed by atoms with E-state index in [1.807, 2.05) is 60.7 Å². The van der Waals surface area contributed by atoms with Gasteiger partial charge in [-0.05, 0) is 88.4 Å². The van der Waals surface area contributed by atoms with E-state index in [4.69, 9.17) is 15.0 Å². The van der Waals surface area contributed by atoms with E-state index in [0.717, 1.165) is 27.8 Å². The van der Waals surface area contributed by atoms with Crippen molar-refractivity contribution in [2.24, 2.45) is 11.8 Å². The Bertz CT molecular complexity index is 2680. The summed E-state index contributed by atoms with van der Waals surface area (Å²) < 4.78 is 0. The van der Waals surface area contributed by atoms with Gasteiger partial charge >= 0.3 is 0 Å². The molecule has 6 aromatic carbocycles. The van der Waals surface area contributed by atoms with Crippen LogP contribution >= 0.6 is 0 Å². The maximum Gasteiger partial charge on any atom is 0.164 e. The van der Waals surface area contributed by atoms with E-state index >= 15 is 0 Å². The number of rotatable bonds is 6. The van der Waals surface area contributed by atoms with Gasteiger partial charge in [0.05, 0.1) is 0 Å². The van der Waals surface area contributed by atoms with Gasteiger partial charge in [0.25, 0.3) is 0 Å². The van der Waals surface area contributed by atoms with Crippen LogP contribution in [0, 0.1) is 18.8 Å². The summed E-state index contributed by atoms with van der Waals surface area (Å²) in [5.41, 5.74) is 15.7. The lowest BCUT2D eigenvalue weighted by molar-refractivity contribution is 0.370. The first kappa shape index (κ1) is 33.8. The van der Waals surface area contributed by atoms with E-state index in [2.05, 4.69) is 141 Å². The van der Waals surface area contributed by atoms with E-state index in [0.29, 0.717) is 41.1 Å². The van der Waals surface area contributed by atoms with Crippen molar-refractivity contribution in [3.05, 3.63) is 216 Å². The SMILES string of the molecule is CC1=CC2c3ccc(C)cc3C3C=CC(c4cccc(-c5cccc(-c6cccc(-c7nc(-c8ccccc8)nc(-c8ccccc8)n7)c6)c5)c4)=CC3C2C=C1. The van der Waals surface area contributed by atoms with E-state index in [1.165, 1.54) is 44.5 Å². The summed E-state index contributed by atoms with van der Waals surface area (Å²) >= 11 is 0. The van der Waals surface area contributed by atoms with Crippen LogP contribution in [0.3, 0.4) is 0 Å². The Morgan fingerprint density at radius 1 is 0.375 bits per heavy atom. The first-order valence-corrected chi connectivity index (χ1v) is 19.6. The number of fused-ring (bicyclic) bond motifs is 6. The third kappa shape index (κ3) is 6.35. The number of aryl methyl sites for hydroxylation is 1. The highest BCUT2D eigenvalue weighted by Crippen LogP contribution is 2.53. The molecule has 4 atom stereocenters. The summed E-state index contributed by atoms with van der Waals surface area (Å²) in [7, 11) is 0. The quantitative estimate of drug-likeness (QED) is 0.172. The number of nitrogens with zero attached hydrogens (tertiary/aromatic N) is 3. The van der Waals surface area contributed by atoms with Gasteiger partial charge in [-0.15, -0.1) is 0 Å². The average molecular weight is 720 g/mol. The number of hydrogen-bond donors (Lipinski definition) is 0. The molecule has 0 saturated heterocycles. The van der Waals surface area contributed by atoms with Gasteiger partial charge in [-0.2, -0.15) is 0 Å². The van der Waals surface area contributed by atoms with Crippen molar-refractivity contribution in [3.63, 3.8) is 0 Å². The van der Waals surface area contributed by atoms with Crippen LogP contribution < -0.4 is 0 Å². The van der Waals surface area contributed by atoms with Crippen molar-refractivity contribution < 1.29 is 0 Å². The van der Waals surface area contributed by atoms with Crippen LogP contribution in [-0.2, 0) is 0 Å². The predicted octanol–water partition coefficient (Wildman–Crippen LogP) is 13.1. The van der Waals surface area contributed by atoms with Crippen LogP contribution in [0.4, 0.5) is 0 Å². The zero-order chi connectivity index (χ0) is 37.6. The summed E-state index contributed by atoms with van der Waals surface area (Å²) in [6.45, 7) is 4.44. The number of benzene rings is 6. The molecule has 0 aliphatic heterocycles. The van der Waals surface area contributed by atoms with Gasteiger partial charge in [-0.3, -0.25) is 0 Å². The van der Waals surface area contributed by atoms with Crippen molar-refractivity contribution in [2.75, 3.05) is 0 Å². The summed E-state index contributed by atoms with van der Waals surface area (Å²) in [5.74, 6) is 3.62. The molecule has 10 rings (SSSR count). The third-order valence-corrected chi connectivity index (χ3v) is 11.7. The number of allylic oxidation sites excluding steroid dienone is 8. The van der Waals surface area contributed by atoms with Crippen LogP contribution in [0.25, 0.3) is 62.0 Å². The van der Waals surface area contributed by atoms with Crippen LogP contribution in [0.15, 0.2) is 194 Å². The van der Waals surface area contributed by atoms with Gasteiger partial charge in [-0.1, -0.05) is 181 Å². The summed E-state index contributed by atoms with van der Waals surface area (Å²) in [4.78, 5) is 14.8. The molecule has 3 aliphatic rings. The lowest BCUT2D eigenvalue weighted by Gasteiger charge is -2.43. The fraction of sp³-hybridized carbons (Fsp3) is 0.113. The molecule has 0 spiro atoms. The number of aromatic nitrogens is 3. The highest BCUT2D eigenvalue weighted by Gasteiger charge is 2.40. The maximum absolute atomic E-state index is 4.98. The van der Waals surface area contributed by atoms with E-state index in [9.17, 15) is 0 Å². The smallest absolute Gasteiger partial charge is 0.164 e. The lowest BCUT2D eigenvalue weighted by Crippen LogP contribution is -2.32. The Kier molecular flexibility index (Phi) is 8.56. The summed E-state index contributed by atoms with van der Waals surface area (Å²) in [6, 6.07) is 53.7. The molecule has 0 fully saturated rings. The molecule has 56 heavy (non-hydrogen) atoms. The second kappa shape index (κ2) is 14.2. The largest absolute Gasteiger partial charge is 0.208 e. The van der Waals surface area contributed by atoms with Crippen molar-refractivity contribution in [1.82, 2.24) is 15.0 Å². The van der Waals surface area contributed by atoms with Crippen LogP contribution in [-0.4, -0.2) is 15.0 Å². The van der Waals surface area contributed by atoms with Crippen LogP contribution in [0.1, 0.15) is 41.0 Å². The van der Waals surface area contributed by atoms with Crippen molar-refractivity contribution in [2.45, 2.75) is 25.7 Å². The minimum atomic E-state index is 0.384. The third-order valence-electron chi connectivity index (χ3n) is 11.7. The zero-order valence-corrected chi connectivity index (χ0v) is 31.5.